The molecule has 3 aromatic heterocycles. The highest BCUT2D eigenvalue weighted by Crippen LogP contribution is 2.31. The molecule has 0 saturated heterocycles. The summed E-state index contributed by atoms with van der Waals surface area (Å²) < 4.78 is 10.8. The number of carbonyl (C=O) groups excluding carboxylic acids is 1. The third kappa shape index (κ3) is 3.95. The molecule has 0 spiro atoms. The van der Waals surface area contributed by atoms with Gasteiger partial charge in [-0.3, -0.25) is 4.79 Å². The lowest BCUT2D eigenvalue weighted by Gasteiger charge is -2.06. The van der Waals surface area contributed by atoms with Crippen LogP contribution in [-0.4, -0.2) is 21.2 Å². The molecule has 2 aromatic carbocycles. The summed E-state index contributed by atoms with van der Waals surface area (Å²) >= 11 is 1.59. The van der Waals surface area contributed by atoms with Gasteiger partial charge in [0, 0.05) is 16.5 Å². The number of hydrogen-bond acceptors (Lipinski definition) is 7. The normalized spacial score (nSPS) is 10.9. The monoisotopic (exact) mass is 442 g/mol. The Hall–Kier alpha value is -4.04. The SMILES string of the molecule is Cc1ccc(-c2cc(C(=O)Nc3ccccc3-c3nc(-c4ccc(C)s4)no3)no2)cc1. The lowest BCUT2D eigenvalue weighted by molar-refractivity contribution is 0.101. The molecular weight excluding hydrogens is 424 g/mol. The molecule has 1 N–H and O–H groups in total. The van der Waals surface area contributed by atoms with Gasteiger partial charge in [0.05, 0.1) is 16.1 Å². The molecule has 0 atom stereocenters. The van der Waals surface area contributed by atoms with Gasteiger partial charge in [-0.2, -0.15) is 4.98 Å². The fourth-order valence-corrected chi connectivity index (χ4v) is 3.98. The summed E-state index contributed by atoms with van der Waals surface area (Å²) in [7, 11) is 0. The van der Waals surface area contributed by atoms with Crippen molar-refractivity contribution < 1.29 is 13.8 Å². The lowest BCUT2D eigenvalue weighted by Crippen LogP contribution is -2.12. The topological polar surface area (TPSA) is 94.1 Å². The van der Waals surface area contributed by atoms with Gasteiger partial charge in [-0.05, 0) is 38.1 Å². The minimum atomic E-state index is -0.395. The number of carbonyl (C=O) groups is 1. The first-order valence-electron chi connectivity index (χ1n) is 9.92. The zero-order valence-electron chi connectivity index (χ0n) is 17.3. The van der Waals surface area contributed by atoms with Gasteiger partial charge < -0.3 is 14.4 Å². The summed E-state index contributed by atoms with van der Waals surface area (Å²) in [5, 5.41) is 10.9. The zero-order chi connectivity index (χ0) is 22.1. The quantitative estimate of drug-likeness (QED) is 0.359. The summed E-state index contributed by atoms with van der Waals surface area (Å²) in [6, 6.07) is 20.6. The molecular formula is C24H18N4O3S. The van der Waals surface area contributed by atoms with Crippen LogP contribution >= 0.6 is 11.3 Å². The minimum Gasteiger partial charge on any atom is -0.355 e. The van der Waals surface area contributed by atoms with E-state index in [-0.39, 0.29) is 5.69 Å². The number of benzene rings is 2. The summed E-state index contributed by atoms with van der Waals surface area (Å²) in [5.41, 5.74) is 3.33. The fraction of sp³-hybridized carbons (Fsp3) is 0.0833. The van der Waals surface area contributed by atoms with Crippen LogP contribution in [0, 0.1) is 13.8 Å². The van der Waals surface area contributed by atoms with Gasteiger partial charge >= 0.3 is 0 Å². The number of para-hydroxylation sites is 1. The van der Waals surface area contributed by atoms with Gasteiger partial charge in [0.2, 0.25) is 5.82 Å². The Morgan fingerprint density at radius 2 is 1.75 bits per heavy atom. The van der Waals surface area contributed by atoms with E-state index < -0.39 is 5.91 Å². The van der Waals surface area contributed by atoms with E-state index in [2.05, 4.69) is 20.6 Å². The van der Waals surface area contributed by atoms with Crippen LogP contribution < -0.4 is 5.32 Å². The number of rotatable bonds is 5. The molecule has 0 aliphatic rings. The third-order valence-electron chi connectivity index (χ3n) is 4.87. The summed E-state index contributed by atoms with van der Waals surface area (Å²) in [6.45, 7) is 4.03. The van der Waals surface area contributed by atoms with E-state index >= 15 is 0 Å². The molecule has 7 nitrogen and oxygen atoms in total. The van der Waals surface area contributed by atoms with E-state index in [0.717, 1.165) is 20.9 Å². The second-order valence-electron chi connectivity index (χ2n) is 7.28. The van der Waals surface area contributed by atoms with E-state index in [1.54, 1.807) is 23.5 Å². The maximum atomic E-state index is 12.8. The second-order valence-corrected chi connectivity index (χ2v) is 8.56. The van der Waals surface area contributed by atoms with Gasteiger partial charge in [0.25, 0.3) is 11.8 Å². The molecule has 158 valence electrons. The maximum absolute atomic E-state index is 12.8. The van der Waals surface area contributed by atoms with E-state index in [0.29, 0.717) is 28.7 Å². The molecule has 1 amide bonds. The van der Waals surface area contributed by atoms with Gasteiger partial charge in [0.1, 0.15) is 0 Å². The Bertz CT molecular complexity index is 1400. The van der Waals surface area contributed by atoms with Crippen molar-refractivity contribution in [3.8, 4) is 33.5 Å². The molecule has 0 unspecified atom stereocenters. The number of nitrogens with zero attached hydrogens (tertiary/aromatic N) is 3. The molecule has 3 heterocycles. The van der Waals surface area contributed by atoms with Crippen molar-refractivity contribution in [3.63, 3.8) is 0 Å². The number of aromatic nitrogens is 3. The van der Waals surface area contributed by atoms with Gasteiger partial charge in [-0.25, -0.2) is 0 Å². The van der Waals surface area contributed by atoms with E-state index in [9.17, 15) is 4.79 Å². The van der Waals surface area contributed by atoms with Crippen molar-refractivity contribution in [3.05, 3.63) is 82.9 Å². The molecule has 0 radical (unpaired) electrons. The summed E-state index contributed by atoms with van der Waals surface area (Å²) in [5.74, 6) is 0.963. The largest absolute Gasteiger partial charge is 0.355 e. The van der Waals surface area contributed by atoms with Crippen LogP contribution in [0.4, 0.5) is 5.69 Å². The number of aryl methyl sites for hydroxylation is 2. The molecule has 5 aromatic rings. The molecule has 0 saturated carbocycles. The summed E-state index contributed by atoms with van der Waals surface area (Å²) in [6.07, 6.45) is 0. The van der Waals surface area contributed by atoms with Gasteiger partial charge in [-0.15, -0.1) is 11.3 Å². The van der Waals surface area contributed by atoms with E-state index in [4.69, 9.17) is 9.05 Å². The number of amides is 1. The Labute approximate surface area is 187 Å². The molecule has 32 heavy (non-hydrogen) atoms. The average molecular weight is 443 g/mol. The minimum absolute atomic E-state index is 0.177. The van der Waals surface area contributed by atoms with Gasteiger partial charge in [-0.1, -0.05) is 52.3 Å². The number of anilines is 1. The van der Waals surface area contributed by atoms with Crippen LogP contribution in [0.1, 0.15) is 20.9 Å². The van der Waals surface area contributed by atoms with Crippen molar-refractivity contribution in [2.75, 3.05) is 5.32 Å². The molecule has 0 aliphatic heterocycles. The van der Waals surface area contributed by atoms with Crippen LogP contribution in [-0.2, 0) is 0 Å². The third-order valence-corrected chi connectivity index (χ3v) is 5.87. The predicted molar refractivity (Wildman–Crippen MR) is 122 cm³/mol. The van der Waals surface area contributed by atoms with Crippen LogP contribution in [0.3, 0.4) is 0 Å². The Morgan fingerprint density at radius 1 is 0.938 bits per heavy atom. The van der Waals surface area contributed by atoms with Crippen molar-refractivity contribution >= 4 is 22.9 Å². The highest BCUT2D eigenvalue weighted by molar-refractivity contribution is 7.15. The smallest absolute Gasteiger partial charge is 0.277 e. The first kappa shape index (κ1) is 19.9. The van der Waals surface area contributed by atoms with E-state index in [1.165, 1.54) is 0 Å². The Kier molecular flexibility index (Phi) is 5.12. The Morgan fingerprint density at radius 3 is 2.53 bits per heavy atom. The number of thiophene rings is 1. The summed E-state index contributed by atoms with van der Waals surface area (Å²) in [4.78, 5) is 19.4. The zero-order valence-corrected chi connectivity index (χ0v) is 18.1. The van der Waals surface area contributed by atoms with Gasteiger partial charge in [0.15, 0.2) is 11.5 Å². The standard InChI is InChI=1S/C24H18N4O3S/c1-14-7-10-16(11-8-14)20-13-19(27-30-20)23(29)25-18-6-4-3-5-17(18)24-26-22(28-31-24)21-12-9-15(2)32-21/h3-13H,1-2H3,(H,25,29). The molecule has 8 heteroatoms. The van der Waals surface area contributed by atoms with Crippen LogP contribution in [0.25, 0.3) is 33.5 Å². The van der Waals surface area contributed by atoms with Crippen molar-refractivity contribution in [1.82, 2.24) is 15.3 Å². The number of nitrogens with one attached hydrogen (secondary N) is 1. The van der Waals surface area contributed by atoms with Crippen molar-refractivity contribution in [1.29, 1.82) is 0 Å². The van der Waals surface area contributed by atoms with Crippen LogP contribution in [0.15, 0.2) is 75.8 Å². The van der Waals surface area contributed by atoms with Crippen LogP contribution in [0.5, 0.6) is 0 Å². The number of hydrogen-bond donors (Lipinski definition) is 1. The van der Waals surface area contributed by atoms with E-state index in [1.807, 2.05) is 68.4 Å². The highest BCUT2D eigenvalue weighted by atomic mass is 32.1. The lowest BCUT2D eigenvalue weighted by atomic mass is 10.1. The maximum Gasteiger partial charge on any atom is 0.277 e. The fourth-order valence-electron chi connectivity index (χ4n) is 3.19. The molecule has 0 bridgehead atoms. The van der Waals surface area contributed by atoms with Crippen molar-refractivity contribution in [2.45, 2.75) is 13.8 Å². The molecule has 0 aliphatic carbocycles. The van der Waals surface area contributed by atoms with Crippen LogP contribution in [0.2, 0.25) is 0 Å². The average Bonchev–Trinajstić information content (AvgIpc) is 3.55. The molecule has 0 fully saturated rings. The van der Waals surface area contributed by atoms with Crippen molar-refractivity contribution in [2.24, 2.45) is 0 Å². The first-order valence-corrected chi connectivity index (χ1v) is 10.7. The first-order chi connectivity index (χ1) is 15.6. The molecule has 5 rings (SSSR count). The highest BCUT2D eigenvalue weighted by Gasteiger charge is 2.19. The second kappa shape index (κ2) is 8.24. The Balaban J connectivity index is 1.38. The predicted octanol–water partition coefficient (Wildman–Crippen LogP) is 5.99.